The van der Waals surface area contributed by atoms with Crippen molar-refractivity contribution in [3.63, 3.8) is 0 Å². The number of nitrogens with zero attached hydrogens (tertiary/aromatic N) is 3. The maximum Gasteiger partial charge on any atom is 0.170 e. The second kappa shape index (κ2) is 5.49. The van der Waals surface area contributed by atoms with E-state index in [2.05, 4.69) is 21.4 Å². The number of likely N-dealkylation sites (tertiary alicyclic amines) is 1. The zero-order valence-corrected chi connectivity index (χ0v) is 13.4. The van der Waals surface area contributed by atoms with Gasteiger partial charge in [-0.25, -0.2) is 4.98 Å². The summed E-state index contributed by atoms with van der Waals surface area (Å²) in [6, 6.07) is 7.59. The van der Waals surface area contributed by atoms with Gasteiger partial charge in [0, 0.05) is 38.8 Å². The minimum absolute atomic E-state index is 0.201. The number of hydrogen-bond donors (Lipinski definition) is 0. The summed E-state index contributed by atoms with van der Waals surface area (Å²) in [7, 11) is 0. The van der Waals surface area contributed by atoms with Gasteiger partial charge in [0.05, 0.1) is 24.0 Å². The third-order valence-corrected chi connectivity index (χ3v) is 4.92. The van der Waals surface area contributed by atoms with Crippen LogP contribution in [0.3, 0.4) is 0 Å². The Hall–Kier alpha value is -2.14. The Balaban J connectivity index is 1.51. The van der Waals surface area contributed by atoms with Crippen LogP contribution in [-0.4, -0.2) is 38.9 Å². The fourth-order valence-electron chi connectivity index (χ4n) is 3.73. The van der Waals surface area contributed by atoms with Gasteiger partial charge in [-0.05, 0) is 19.1 Å². The molecule has 1 saturated heterocycles. The molecule has 4 rings (SSSR count). The molecule has 1 spiro atoms. The normalized spacial score (nSPS) is 24.0. The van der Waals surface area contributed by atoms with E-state index < -0.39 is 0 Å². The third-order valence-electron chi connectivity index (χ3n) is 4.92. The Labute approximate surface area is 135 Å². The lowest BCUT2D eigenvalue weighted by molar-refractivity contribution is 0.0454. The van der Waals surface area contributed by atoms with Crippen LogP contribution >= 0.6 is 0 Å². The van der Waals surface area contributed by atoms with E-state index in [1.165, 1.54) is 5.69 Å². The topological polar surface area (TPSA) is 47.4 Å². The predicted molar refractivity (Wildman–Crippen MR) is 86.5 cm³/mol. The number of para-hydroxylation sites is 1. The van der Waals surface area contributed by atoms with E-state index in [4.69, 9.17) is 4.74 Å². The average molecular weight is 311 g/mol. The van der Waals surface area contributed by atoms with E-state index in [1.54, 1.807) is 0 Å². The SMILES string of the molecule is CCn1cncc1CN1CCC2(CC(=O)c3ccccc3O2)C1. The molecule has 0 N–H and O–H groups in total. The molecule has 3 heterocycles. The van der Waals surface area contributed by atoms with Crippen LogP contribution < -0.4 is 4.74 Å². The molecule has 1 aromatic heterocycles. The molecular weight excluding hydrogens is 290 g/mol. The molecule has 120 valence electrons. The number of ketones is 1. The van der Waals surface area contributed by atoms with E-state index in [-0.39, 0.29) is 11.4 Å². The highest BCUT2D eigenvalue weighted by Gasteiger charge is 2.45. The van der Waals surface area contributed by atoms with Crippen LogP contribution in [0.25, 0.3) is 0 Å². The Morgan fingerprint density at radius 1 is 1.35 bits per heavy atom. The van der Waals surface area contributed by atoms with Crippen molar-refractivity contribution in [2.75, 3.05) is 13.1 Å². The minimum Gasteiger partial charge on any atom is -0.485 e. The Bertz CT molecular complexity index is 739. The molecule has 1 fully saturated rings. The van der Waals surface area contributed by atoms with Crippen LogP contribution in [-0.2, 0) is 13.1 Å². The number of aryl methyl sites for hydroxylation is 1. The van der Waals surface area contributed by atoms with Crippen molar-refractivity contribution in [2.45, 2.75) is 38.5 Å². The van der Waals surface area contributed by atoms with E-state index >= 15 is 0 Å². The highest BCUT2D eigenvalue weighted by Crippen LogP contribution is 2.38. The smallest absolute Gasteiger partial charge is 0.170 e. The molecule has 2 aliphatic heterocycles. The first-order valence-corrected chi connectivity index (χ1v) is 8.22. The number of Topliss-reactive ketones (excluding diaryl/α,β-unsaturated/α-hetero) is 1. The minimum atomic E-state index is -0.359. The fourth-order valence-corrected chi connectivity index (χ4v) is 3.73. The van der Waals surface area contributed by atoms with Crippen LogP contribution in [0, 0.1) is 0 Å². The lowest BCUT2D eigenvalue weighted by atomic mass is 9.89. The lowest BCUT2D eigenvalue weighted by Crippen LogP contribution is -2.44. The van der Waals surface area contributed by atoms with Gasteiger partial charge in [-0.15, -0.1) is 0 Å². The largest absolute Gasteiger partial charge is 0.485 e. The van der Waals surface area contributed by atoms with Gasteiger partial charge < -0.3 is 9.30 Å². The first kappa shape index (κ1) is 14.5. The molecule has 23 heavy (non-hydrogen) atoms. The third kappa shape index (κ3) is 2.55. The predicted octanol–water partition coefficient (Wildman–Crippen LogP) is 2.51. The van der Waals surface area contributed by atoms with E-state index in [0.717, 1.165) is 43.9 Å². The number of carbonyl (C=O) groups is 1. The van der Waals surface area contributed by atoms with Crippen molar-refractivity contribution < 1.29 is 9.53 Å². The summed E-state index contributed by atoms with van der Waals surface area (Å²) in [5.41, 5.74) is 1.58. The van der Waals surface area contributed by atoms with Crippen molar-refractivity contribution in [3.05, 3.63) is 48.0 Å². The number of fused-ring (bicyclic) bond motifs is 1. The standard InChI is InChI=1S/C18H21N3O2/c1-2-21-13-19-10-14(21)11-20-8-7-18(12-20)9-16(22)15-5-3-4-6-17(15)23-18/h3-6,10,13H,2,7-9,11-12H2,1H3. The molecule has 1 unspecified atom stereocenters. The molecular formula is C18H21N3O2. The maximum atomic E-state index is 12.5. The number of rotatable bonds is 3. The number of hydrogen-bond acceptors (Lipinski definition) is 4. The zero-order valence-electron chi connectivity index (χ0n) is 13.4. The van der Waals surface area contributed by atoms with Crippen molar-refractivity contribution >= 4 is 5.78 Å². The first-order chi connectivity index (χ1) is 11.2. The van der Waals surface area contributed by atoms with Gasteiger partial charge in [-0.3, -0.25) is 9.69 Å². The lowest BCUT2D eigenvalue weighted by Gasteiger charge is -2.34. The Kier molecular flexibility index (Phi) is 3.45. The van der Waals surface area contributed by atoms with Gasteiger partial charge in [-0.2, -0.15) is 0 Å². The van der Waals surface area contributed by atoms with Crippen LogP contribution in [0.2, 0.25) is 0 Å². The van der Waals surface area contributed by atoms with E-state index in [9.17, 15) is 4.79 Å². The molecule has 5 nitrogen and oxygen atoms in total. The summed E-state index contributed by atoms with van der Waals surface area (Å²) < 4.78 is 8.43. The number of benzene rings is 1. The Morgan fingerprint density at radius 2 is 2.22 bits per heavy atom. The average Bonchev–Trinajstić information content (AvgIpc) is 3.15. The Morgan fingerprint density at radius 3 is 3.09 bits per heavy atom. The van der Waals surface area contributed by atoms with E-state index in [0.29, 0.717) is 6.42 Å². The quantitative estimate of drug-likeness (QED) is 0.874. The highest BCUT2D eigenvalue weighted by molar-refractivity contribution is 6.00. The molecule has 0 aliphatic carbocycles. The van der Waals surface area contributed by atoms with Crippen LogP contribution in [0.15, 0.2) is 36.8 Å². The summed E-state index contributed by atoms with van der Waals surface area (Å²) in [6.45, 7) is 5.65. The van der Waals surface area contributed by atoms with Crippen molar-refractivity contribution in [2.24, 2.45) is 0 Å². The van der Waals surface area contributed by atoms with Gasteiger partial charge in [0.1, 0.15) is 11.4 Å². The molecule has 1 atom stereocenters. The molecule has 1 aromatic carbocycles. The highest BCUT2D eigenvalue weighted by atomic mass is 16.5. The van der Waals surface area contributed by atoms with Gasteiger partial charge in [0.25, 0.3) is 0 Å². The molecule has 2 aromatic rings. The van der Waals surface area contributed by atoms with Gasteiger partial charge in [0.2, 0.25) is 0 Å². The van der Waals surface area contributed by atoms with Gasteiger partial charge in [0.15, 0.2) is 5.78 Å². The first-order valence-electron chi connectivity index (χ1n) is 8.22. The molecule has 0 saturated carbocycles. The van der Waals surface area contributed by atoms with Crippen molar-refractivity contribution in [1.29, 1.82) is 0 Å². The van der Waals surface area contributed by atoms with Crippen LogP contribution in [0.5, 0.6) is 5.75 Å². The van der Waals surface area contributed by atoms with Crippen LogP contribution in [0.4, 0.5) is 0 Å². The zero-order chi connectivity index (χ0) is 15.9. The molecule has 0 amide bonds. The number of ether oxygens (including phenoxy) is 1. The van der Waals surface area contributed by atoms with Crippen molar-refractivity contribution in [1.82, 2.24) is 14.5 Å². The molecule has 0 bridgehead atoms. The summed E-state index contributed by atoms with van der Waals surface area (Å²) in [5.74, 6) is 0.941. The summed E-state index contributed by atoms with van der Waals surface area (Å²) in [5, 5.41) is 0. The van der Waals surface area contributed by atoms with E-state index in [1.807, 2.05) is 36.8 Å². The number of carbonyl (C=O) groups excluding carboxylic acids is 1. The maximum absolute atomic E-state index is 12.5. The van der Waals surface area contributed by atoms with Crippen molar-refractivity contribution in [3.8, 4) is 5.75 Å². The van der Waals surface area contributed by atoms with Gasteiger partial charge in [-0.1, -0.05) is 12.1 Å². The number of imidazole rings is 1. The van der Waals surface area contributed by atoms with Crippen LogP contribution in [0.1, 0.15) is 35.8 Å². The molecule has 5 heteroatoms. The summed E-state index contributed by atoms with van der Waals surface area (Å²) >= 11 is 0. The molecule has 0 radical (unpaired) electrons. The fraction of sp³-hybridized carbons (Fsp3) is 0.444. The monoisotopic (exact) mass is 311 g/mol. The number of aromatic nitrogens is 2. The second-order valence-corrected chi connectivity index (χ2v) is 6.51. The summed E-state index contributed by atoms with van der Waals surface area (Å²) in [6.07, 6.45) is 5.18. The molecule has 2 aliphatic rings. The summed E-state index contributed by atoms with van der Waals surface area (Å²) in [4.78, 5) is 19.1. The van der Waals surface area contributed by atoms with Gasteiger partial charge >= 0.3 is 0 Å². The second-order valence-electron chi connectivity index (χ2n) is 6.51.